The quantitative estimate of drug-likeness (QED) is 0.861. The van der Waals surface area contributed by atoms with Crippen LogP contribution >= 0.6 is 0 Å². The third-order valence-corrected chi connectivity index (χ3v) is 3.18. The van der Waals surface area contributed by atoms with Crippen molar-refractivity contribution in [3.63, 3.8) is 0 Å². The van der Waals surface area contributed by atoms with E-state index in [2.05, 4.69) is 10.1 Å². The van der Waals surface area contributed by atoms with E-state index in [1.165, 1.54) is 18.2 Å². The Bertz CT molecular complexity index is 556. The van der Waals surface area contributed by atoms with Gasteiger partial charge in [0.1, 0.15) is 11.5 Å². The predicted molar refractivity (Wildman–Crippen MR) is 65.9 cm³/mol. The fourth-order valence-electron chi connectivity index (χ4n) is 2.19. The lowest BCUT2D eigenvalue weighted by Crippen LogP contribution is -2.15. The number of rotatable bonds is 2. The fraction of sp³-hybridized carbons (Fsp3) is 0.385. The number of benzene rings is 1. The molecule has 100 valence electrons. The summed E-state index contributed by atoms with van der Waals surface area (Å²) in [5.74, 6) is 1.12. The Labute approximate surface area is 109 Å². The molecular weight excluding hydrogens is 248 g/mol. The van der Waals surface area contributed by atoms with Gasteiger partial charge in [-0.05, 0) is 25.0 Å². The monoisotopic (exact) mass is 262 g/mol. The summed E-state index contributed by atoms with van der Waals surface area (Å²) < 4.78 is 10.5. The van der Waals surface area contributed by atoms with Crippen LogP contribution < -0.4 is 0 Å². The zero-order valence-corrected chi connectivity index (χ0v) is 10.2. The van der Waals surface area contributed by atoms with Crippen molar-refractivity contribution in [3.8, 4) is 23.0 Å². The Balaban J connectivity index is 1.87. The number of hydrogen-bond acceptors (Lipinski definition) is 6. The van der Waals surface area contributed by atoms with E-state index >= 15 is 0 Å². The van der Waals surface area contributed by atoms with Crippen molar-refractivity contribution in [1.82, 2.24) is 10.1 Å². The highest BCUT2D eigenvalue weighted by Crippen LogP contribution is 2.30. The topological polar surface area (TPSA) is 88.6 Å². The molecule has 0 spiro atoms. The van der Waals surface area contributed by atoms with Gasteiger partial charge in [0.05, 0.1) is 0 Å². The molecule has 2 aromatic rings. The van der Waals surface area contributed by atoms with E-state index in [1.807, 2.05) is 0 Å². The number of phenols is 2. The van der Waals surface area contributed by atoms with Crippen LogP contribution in [-0.2, 0) is 4.74 Å². The fourth-order valence-corrected chi connectivity index (χ4v) is 2.19. The van der Waals surface area contributed by atoms with Gasteiger partial charge in [-0.1, -0.05) is 5.16 Å². The molecule has 1 aromatic carbocycles. The summed E-state index contributed by atoms with van der Waals surface area (Å²) >= 11 is 0. The second-order valence-corrected chi connectivity index (χ2v) is 4.58. The summed E-state index contributed by atoms with van der Waals surface area (Å²) in [7, 11) is 0. The summed E-state index contributed by atoms with van der Waals surface area (Å²) in [4.78, 5) is 4.33. The molecular formula is C13H14N2O4. The molecule has 0 amide bonds. The second-order valence-electron chi connectivity index (χ2n) is 4.58. The van der Waals surface area contributed by atoms with Crippen molar-refractivity contribution in [1.29, 1.82) is 0 Å². The number of ether oxygens (including phenoxy) is 1. The molecule has 0 radical (unpaired) electrons. The van der Waals surface area contributed by atoms with Crippen molar-refractivity contribution in [2.45, 2.75) is 18.8 Å². The minimum Gasteiger partial charge on any atom is -0.508 e. The number of aromatic hydroxyl groups is 2. The van der Waals surface area contributed by atoms with E-state index in [0.29, 0.717) is 30.5 Å². The van der Waals surface area contributed by atoms with E-state index in [-0.39, 0.29) is 17.4 Å². The molecule has 1 aromatic heterocycles. The van der Waals surface area contributed by atoms with E-state index in [4.69, 9.17) is 9.26 Å². The normalized spacial score (nSPS) is 16.6. The molecule has 1 aliphatic heterocycles. The van der Waals surface area contributed by atoms with E-state index in [0.717, 1.165) is 12.8 Å². The van der Waals surface area contributed by atoms with Crippen molar-refractivity contribution in [2.75, 3.05) is 13.2 Å². The minimum atomic E-state index is -0.0409. The van der Waals surface area contributed by atoms with Crippen LogP contribution in [0.25, 0.3) is 11.5 Å². The third kappa shape index (κ3) is 2.53. The number of hydrogen-bond donors (Lipinski definition) is 2. The van der Waals surface area contributed by atoms with Crippen molar-refractivity contribution >= 4 is 0 Å². The van der Waals surface area contributed by atoms with E-state index in [1.54, 1.807) is 0 Å². The van der Waals surface area contributed by atoms with Gasteiger partial charge in [0.15, 0.2) is 5.82 Å². The van der Waals surface area contributed by atoms with Crippen LogP contribution in [0.4, 0.5) is 0 Å². The summed E-state index contributed by atoms with van der Waals surface area (Å²) in [6, 6.07) is 4.20. The largest absolute Gasteiger partial charge is 0.508 e. The molecule has 3 rings (SSSR count). The lowest BCUT2D eigenvalue weighted by atomic mass is 10.00. The molecule has 0 atom stereocenters. The molecule has 1 saturated heterocycles. The Morgan fingerprint density at radius 1 is 1.05 bits per heavy atom. The molecule has 0 unspecified atom stereocenters. The highest BCUT2D eigenvalue weighted by atomic mass is 16.5. The smallest absolute Gasteiger partial charge is 0.258 e. The summed E-state index contributed by atoms with van der Waals surface area (Å²) in [5, 5.41) is 22.9. The molecule has 19 heavy (non-hydrogen) atoms. The molecule has 6 heteroatoms. The van der Waals surface area contributed by atoms with Crippen LogP contribution in [0.1, 0.15) is 24.6 Å². The van der Waals surface area contributed by atoms with E-state index < -0.39 is 0 Å². The second kappa shape index (κ2) is 4.89. The van der Waals surface area contributed by atoms with Gasteiger partial charge in [-0.3, -0.25) is 0 Å². The first-order valence-electron chi connectivity index (χ1n) is 6.17. The molecule has 0 aliphatic carbocycles. The first kappa shape index (κ1) is 12.0. The van der Waals surface area contributed by atoms with Crippen LogP contribution in [0.5, 0.6) is 11.5 Å². The van der Waals surface area contributed by atoms with Crippen LogP contribution in [-0.4, -0.2) is 33.6 Å². The maximum atomic E-state index is 9.44. The molecule has 1 aliphatic rings. The third-order valence-electron chi connectivity index (χ3n) is 3.18. The van der Waals surface area contributed by atoms with Crippen LogP contribution in [0.15, 0.2) is 22.7 Å². The summed E-state index contributed by atoms with van der Waals surface area (Å²) in [6.07, 6.45) is 1.76. The first-order valence-corrected chi connectivity index (χ1v) is 6.17. The van der Waals surface area contributed by atoms with Gasteiger partial charge < -0.3 is 19.5 Å². The van der Waals surface area contributed by atoms with Gasteiger partial charge in [-0.25, -0.2) is 0 Å². The van der Waals surface area contributed by atoms with Crippen molar-refractivity contribution in [2.24, 2.45) is 0 Å². The Hall–Kier alpha value is -2.08. The minimum absolute atomic E-state index is 0.0409. The highest BCUT2D eigenvalue weighted by molar-refractivity contribution is 5.58. The lowest BCUT2D eigenvalue weighted by Gasteiger charge is -2.18. The molecule has 1 fully saturated rings. The first-order chi connectivity index (χ1) is 9.22. The number of nitrogens with zero attached hydrogens (tertiary/aromatic N) is 2. The SMILES string of the molecule is Oc1cc(O)cc(-c2nc(C3CCOCC3)no2)c1. The Morgan fingerprint density at radius 3 is 2.42 bits per heavy atom. The van der Waals surface area contributed by atoms with Crippen LogP contribution in [0, 0.1) is 0 Å². The van der Waals surface area contributed by atoms with Gasteiger partial charge in [-0.15, -0.1) is 0 Å². The molecule has 6 nitrogen and oxygen atoms in total. The zero-order valence-electron chi connectivity index (χ0n) is 10.2. The summed E-state index contributed by atoms with van der Waals surface area (Å²) in [5.41, 5.74) is 0.503. The maximum Gasteiger partial charge on any atom is 0.258 e. The molecule has 2 heterocycles. The lowest BCUT2D eigenvalue weighted by molar-refractivity contribution is 0.0830. The standard InChI is InChI=1S/C13H14N2O4/c16-10-5-9(6-11(17)7-10)13-14-12(15-19-13)8-1-3-18-4-2-8/h5-8,16-17H,1-4H2. The molecule has 0 bridgehead atoms. The van der Waals surface area contributed by atoms with Crippen LogP contribution in [0.2, 0.25) is 0 Å². The average Bonchev–Trinajstić information content (AvgIpc) is 2.88. The Morgan fingerprint density at radius 2 is 1.74 bits per heavy atom. The van der Waals surface area contributed by atoms with Crippen LogP contribution in [0.3, 0.4) is 0 Å². The van der Waals surface area contributed by atoms with Gasteiger partial charge in [0.2, 0.25) is 0 Å². The van der Waals surface area contributed by atoms with Gasteiger partial charge in [-0.2, -0.15) is 4.98 Å². The van der Waals surface area contributed by atoms with E-state index in [9.17, 15) is 10.2 Å². The van der Waals surface area contributed by atoms with Crippen molar-refractivity contribution in [3.05, 3.63) is 24.0 Å². The maximum absolute atomic E-state index is 9.44. The zero-order chi connectivity index (χ0) is 13.2. The molecule has 0 saturated carbocycles. The predicted octanol–water partition coefficient (Wildman–Crippen LogP) is 2.04. The highest BCUT2D eigenvalue weighted by Gasteiger charge is 2.22. The van der Waals surface area contributed by atoms with Gasteiger partial charge in [0, 0.05) is 30.8 Å². The van der Waals surface area contributed by atoms with Gasteiger partial charge >= 0.3 is 0 Å². The van der Waals surface area contributed by atoms with Crippen molar-refractivity contribution < 1.29 is 19.5 Å². The van der Waals surface area contributed by atoms with Gasteiger partial charge in [0.25, 0.3) is 5.89 Å². The number of phenolic OH excluding ortho intramolecular Hbond substituents is 2. The molecule has 2 N–H and O–H groups in total. The Kier molecular flexibility index (Phi) is 3.08. The number of aromatic nitrogens is 2. The summed E-state index contributed by atoms with van der Waals surface area (Å²) in [6.45, 7) is 1.42. The average molecular weight is 262 g/mol.